The standard InChI is InChI=1S/C27H28F3N9S/c1-16-9-11-38(13-21(16)37(3)24-20-8-10-31-23(20)32-15-33-24)22-12-17(2)34-25-35-26(36-39(22)25)40-14-18-4-6-19(7-5-18)27(28,29)30/h4-8,10,12,15-16,21H,9,11,13-14H2,1-3H3,(H,31,32,33)/t16-,21+/m1/s1. The molecule has 1 fully saturated rings. The fraction of sp³-hybridized carbons (Fsp3) is 0.370. The van der Waals surface area contributed by atoms with E-state index in [2.05, 4.69) is 48.7 Å². The molecule has 40 heavy (non-hydrogen) atoms. The highest BCUT2D eigenvalue weighted by Gasteiger charge is 2.32. The van der Waals surface area contributed by atoms with E-state index in [0.29, 0.717) is 22.6 Å². The number of benzene rings is 1. The van der Waals surface area contributed by atoms with E-state index in [0.717, 1.165) is 65.6 Å². The lowest BCUT2D eigenvalue weighted by molar-refractivity contribution is -0.137. The quantitative estimate of drug-likeness (QED) is 0.274. The molecule has 1 aliphatic rings. The van der Waals surface area contributed by atoms with E-state index < -0.39 is 11.7 Å². The van der Waals surface area contributed by atoms with Gasteiger partial charge in [-0.05, 0) is 43.0 Å². The first kappa shape index (κ1) is 26.4. The lowest BCUT2D eigenvalue weighted by Crippen LogP contribution is -2.51. The lowest BCUT2D eigenvalue weighted by Gasteiger charge is -2.43. The highest BCUT2D eigenvalue weighted by atomic mass is 32.2. The Balaban J connectivity index is 1.23. The number of thioether (sulfide) groups is 1. The molecule has 4 aromatic heterocycles. The summed E-state index contributed by atoms with van der Waals surface area (Å²) in [7, 11) is 2.08. The molecule has 0 spiro atoms. The van der Waals surface area contributed by atoms with Crippen LogP contribution >= 0.6 is 11.8 Å². The number of nitrogens with zero attached hydrogens (tertiary/aromatic N) is 8. The zero-order chi connectivity index (χ0) is 28.0. The number of nitrogens with one attached hydrogen (secondary N) is 1. The van der Waals surface area contributed by atoms with Crippen LogP contribution in [0, 0.1) is 12.8 Å². The third-order valence-electron chi connectivity index (χ3n) is 7.46. The highest BCUT2D eigenvalue weighted by Crippen LogP contribution is 2.32. The van der Waals surface area contributed by atoms with E-state index in [9.17, 15) is 13.2 Å². The average Bonchev–Trinajstić information content (AvgIpc) is 3.58. The molecular weight excluding hydrogens is 539 g/mol. The van der Waals surface area contributed by atoms with E-state index in [1.165, 1.54) is 23.9 Å². The number of piperidine rings is 1. The van der Waals surface area contributed by atoms with E-state index in [1.54, 1.807) is 10.8 Å². The largest absolute Gasteiger partial charge is 0.416 e. The Hall–Kier alpha value is -3.87. The van der Waals surface area contributed by atoms with Gasteiger partial charge >= 0.3 is 6.18 Å². The minimum absolute atomic E-state index is 0.197. The zero-order valence-electron chi connectivity index (χ0n) is 22.2. The number of halogens is 3. The van der Waals surface area contributed by atoms with Gasteiger partial charge in [0.05, 0.1) is 17.0 Å². The van der Waals surface area contributed by atoms with Crippen molar-refractivity contribution in [2.24, 2.45) is 5.92 Å². The number of hydrogen-bond donors (Lipinski definition) is 1. The molecule has 5 aromatic rings. The summed E-state index contributed by atoms with van der Waals surface area (Å²) in [6.45, 7) is 5.83. The monoisotopic (exact) mass is 567 g/mol. The van der Waals surface area contributed by atoms with Gasteiger partial charge in [0.15, 0.2) is 0 Å². The summed E-state index contributed by atoms with van der Waals surface area (Å²) in [5.41, 5.74) is 1.75. The van der Waals surface area contributed by atoms with Crippen LogP contribution in [0.25, 0.3) is 16.8 Å². The van der Waals surface area contributed by atoms with Gasteiger partial charge in [-0.3, -0.25) is 0 Å². The molecule has 1 saturated heterocycles. The van der Waals surface area contributed by atoms with Gasteiger partial charge in [0.25, 0.3) is 5.78 Å². The summed E-state index contributed by atoms with van der Waals surface area (Å²) in [6, 6.07) is 9.40. The maximum absolute atomic E-state index is 12.9. The Kier molecular flexibility index (Phi) is 6.77. The molecular formula is C27H28F3N9S. The minimum atomic E-state index is -4.35. The van der Waals surface area contributed by atoms with E-state index in [-0.39, 0.29) is 6.04 Å². The number of hydrogen-bond acceptors (Lipinski definition) is 8. The van der Waals surface area contributed by atoms with Crippen molar-refractivity contribution in [2.45, 2.75) is 43.4 Å². The molecule has 0 radical (unpaired) electrons. The normalized spacial score (nSPS) is 18.1. The predicted molar refractivity (Wildman–Crippen MR) is 149 cm³/mol. The molecule has 1 N–H and O–H groups in total. The number of aromatic nitrogens is 7. The zero-order valence-corrected chi connectivity index (χ0v) is 23.0. The third kappa shape index (κ3) is 5.05. The first-order valence-electron chi connectivity index (χ1n) is 13.0. The molecule has 1 aliphatic heterocycles. The van der Waals surface area contributed by atoms with Crippen molar-refractivity contribution >= 4 is 40.2 Å². The van der Waals surface area contributed by atoms with Gasteiger partial charge in [-0.2, -0.15) is 22.7 Å². The van der Waals surface area contributed by atoms with Crippen LogP contribution in [0.5, 0.6) is 0 Å². The molecule has 0 unspecified atom stereocenters. The number of alkyl halides is 3. The number of fused-ring (bicyclic) bond motifs is 2. The molecule has 1 aromatic carbocycles. The number of likely N-dealkylation sites (N-methyl/N-ethyl adjacent to an activating group) is 1. The first-order chi connectivity index (χ1) is 19.2. The first-order valence-corrected chi connectivity index (χ1v) is 13.9. The van der Waals surface area contributed by atoms with Gasteiger partial charge in [-0.1, -0.05) is 30.8 Å². The van der Waals surface area contributed by atoms with Crippen molar-refractivity contribution in [3.05, 3.63) is 65.7 Å². The molecule has 0 aliphatic carbocycles. The number of aryl methyl sites for hydroxylation is 1. The Labute approximate surface area is 232 Å². The number of H-pyrrole nitrogens is 1. The van der Waals surface area contributed by atoms with Gasteiger partial charge in [0.1, 0.15) is 23.6 Å². The number of rotatable bonds is 6. The second-order valence-electron chi connectivity index (χ2n) is 10.2. The topological polar surface area (TPSA) is 91.1 Å². The van der Waals surface area contributed by atoms with Gasteiger partial charge in [0, 0.05) is 43.8 Å². The Bertz CT molecular complexity index is 1650. The molecule has 9 nitrogen and oxygen atoms in total. The van der Waals surface area contributed by atoms with E-state index in [4.69, 9.17) is 5.10 Å². The molecule has 2 atom stereocenters. The summed E-state index contributed by atoms with van der Waals surface area (Å²) in [4.78, 5) is 25.8. The van der Waals surface area contributed by atoms with Crippen LogP contribution in [0.3, 0.4) is 0 Å². The Morgan fingerprint density at radius 2 is 1.93 bits per heavy atom. The van der Waals surface area contributed by atoms with Crippen molar-refractivity contribution < 1.29 is 13.2 Å². The molecule has 5 heterocycles. The summed E-state index contributed by atoms with van der Waals surface area (Å²) in [5, 5.41) is 6.24. The van der Waals surface area contributed by atoms with Gasteiger partial charge in [-0.25, -0.2) is 15.0 Å². The van der Waals surface area contributed by atoms with Crippen molar-refractivity contribution in [3.8, 4) is 0 Å². The fourth-order valence-electron chi connectivity index (χ4n) is 5.23. The van der Waals surface area contributed by atoms with Crippen LogP contribution in [-0.2, 0) is 11.9 Å². The van der Waals surface area contributed by atoms with Gasteiger partial charge in [0.2, 0.25) is 5.16 Å². The summed E-state index contributed by atoms with van der Waals surface area (Å²) in [6.07, 6.45) is 0.105. The SMILES string of the molecule is Cc1cc(N2CC[C@@H](C)[C@@H](N(C)c3ncnc4[nH]ccc34)C2)n2nc(SCc3ccc(C(F)(F)F)cc3)nc2n1. The molecule has 208 valence electrons. The molecule has 0 amide bonds. The predicted octanol–water partition coefficient (Wildman–Crippen LogP) is 5.37. The van der Waals surface area contributed by atoms with Crippen LogP contribution < -0.4 is 9.80 Å². The van der Waals surface area contributed by atoms with Crippen LogP contribution in [0.2, 0.25) is 0 Å². The van der Waals surface area contributed by atoms with Crippen LogP contribution in [0.4, 0.5) is 24.8 Å². The third-order valence-corrected chi connectivity index (χ3v) is 8.37. The maximum Gasteiger partial charge on any atom is 0.416 e. The van der Waals surface area contributed by atoms with Crippen molar-refractivity contribution in [2.75, 3.05) is 29.9 Å². The van der Waals surface area contributed by atoms with Crippen LogP contribution in [0.1, 0.15) is 30.2 Å². The number of aromatic amines is 1. The molecule has 13 heteroatoms. The van der Waals surface area contributed by atoms with Crippen molar-refractivity contribution in [1.29, 1.82) is 0 Å². The highest BCUT2D eigenvalue weighted by molar-refractivity contribution is 7.98. The Morgan fingerprint density at radius 1 is 1.12 bits per heavy atom. The molecule has 0 saturated carbocycles. The smallest absolute Gasteiger partial charge is 0.354 e. The minimum Gasteiger partial charge on any atom is -0.354 e. The van der Waals surface area contributed by atoms with Crippen LogP contribution in [-0.4, -0.2) is 60.7 Å². The van der Waals surface area contributed by atoms with Crippen LogP contribution in [0.15, 0.2) is 54.1 Å². The Morgan fingerprint density at radius 3 is 2.70 bits per heavy atom. The maximum atomic E-state index is 12.9. The van der Waals surface area contributed by atoms with E-state index in [1.807, 2.05) is 25.3 Å². The van der Waals surface area contributed by atoms with Gasteiger partial charge < -0.3 is 14.8 Å². The second kappa shape index (κ2) is 10.3. The average molecular weight is 568 g/mol. The lowest BCUT2D eigenvalue weighted by atomic mass is 9.92. The summed E-state index contributed by atoms with van der Waals surface area (Å²) in [5.74, 6) is 3.19. The number of anilines is 2. The fourth-order valence-corrected chi connectivity index (χ4v) is 6.01. The molecule has 0 bridgehead atoms. The summed E-state index contributed by atoms with van der Waals surface area (Å²) < 4.78 is 40.4. The van der Waals surface area contributed by atoms with Crippen molar-refractivity contribution in [3.63, 3.8) is 0 Å². The van der Waals surface area contributed by atoms with Gasteiger partial charge in [-0.15, -0.1) is 5.10 Å². The molecule has 6 rings (SSSR count). The second-order valence-corrected chi connectivity index (χ2v) is 11.1. The summed E-state index contributed by atoms with van der Waals surface area (Å²) >= 11 is 1.37. The van der Waals surface area contributed by atoms with E-state index >= 15 is 0 Å². The van der Waals surface area contributed by atoms with Crippen molar-refractivity contribution in [1.82, 2.24) is 34.5 Å².